The molecule has 0 amide bonds. The van der Waals surface area contributed by atoms with Gasteiger partial charge in [0.1, 0.15) is 9.84 Å². The van der Waals surface area contributed by atoms with Crippen LogP contribution in [0.3, 0.4) is 0 Å². The molecule has 0 aliphatic carbocycles. The number of sulfone groups is 1. The lowest BCUT2D eigenvalue weighted by Crippen LogP contribution is -2.33. The molecule has 4 nitrogen and oxygen atoms in total. The van der Waals surface area contributed by atoms with Gasteiger partial charge in [0.25, 0.3) is 0 Å². The molecule has 0 saturated carbocycles. The van der Waals surface area contributed by atoms with Crippen molar-refractivity contribution >= 4 is 9.84 Å². The van der Waals surface area contributed by atoms with E-state index in [1.165, 1.54) is 6.26 Å². The highest BCUT2D eigenvalue weighted by molar-refractivity contribution is 7.90. The van der Waals surface area contributed by atoms with Gasteiger partial charge < -0.3 is 10.1 Å². The van der Waals surface area contributed by atoms with Crippen LogP contribution in [0.15, 0.2) is 0 Å². The summed E-state index contributed by atoms with van der Waals surface area (Å²) in [5, 5.41) is 3.25. The maximum absolute atomic E-state index is 10.9. The fraction of sp³-hybridized carbons (Fsp3) is 1.00. The molecule has 0 fully saturated rings. The average molecular weight is 223 g/mol. The van der Waals surface area contributed by atoms with Crippen LogP contribution in [0, 0.1) is 0 Å². The van der Waals surface area contributed by atoms with Crippen molar-refractivity contribution < 1.29 is 13.2 Å². The zero-order valence-electron chi connectivity index (χ0n) is 9.25. The smallest absolute Gasteiger partial charge is 0.147 e. The van der Waals surface area contributed by atoms with Crippen LogP contribution in [0.5, 0.6) is 0 Å². The zero-order chi connectivity index (χ0) is 11.0. The van der Waals surface area contributed by atoms with Crippen molar-refractivity contribution in [2.24, 2.45) is 0 Å². The highest BCUT2D eigenvalue weighted by atomic mass is 32.2. The number of methoxy groups -OCH3 is 1. The summed E-state index contributed by atoms with van der Waals surface area (Å²) < 4.78 is 26.8. The van der Waals surface area contributed by atoms with Crippen LogP contribution in [-0.4, -0.2) is 46.7 Å². The number of hydrogen-bond acceptors (Lipinski definition) is 4. The van der Waals surface area contributed by atoms with E-state index in [0.717, 1.165) is 13.0 Å². The quantitative estimate of drug-likeness (QED) is 0.648. The number of nitrogens with one attached hydrogen (secondary N) is 1. The summed E-state index contributed by atoms with van der Waals surface area (Å²) in [5.74, 6) is 0.263. The molecule has 0 rings (SSSR count). The lowest BCUT2D eigenvalue weighted by Gasteiger charge is -2.16. The SMILES string of the molecule is CCNC(CCCS(C)(=O)=O)COC. The van der Waals surface area contributed by atoms with E-state index in [4.69, 9.17) is 4.74 Å². The lowest BCUT2D eigenvalue weighted by molar-refractivity contribution is 0.163. The molecule has 1 N–H and O–H groups in total. The van der Waals surface area contributed by atoms with Gasteiger partial charge in [-0.1, -0.05) is 6.92 Å². The molecular formula is C9H21NO3S. The molecule has 0 heterocycles. The van der Waals surface area contributed by atoms with Gasteiger partial charge in [-0.05, 0) is 19.4 Å². The third-order valence-electron chi connectivity index (χ3n) is 1.93. The maximum atomic E-state index is 10.9. The largest absolute Gasteiger partial charge is 0.383 e. The summed E-state index contributed by atoms with van der Waals surface area (Å²) in [6, 6.07) is 0.270. The Kier molecular flexibility index (Phi) is 7.13. The van der Waals surface area contributed by atoms with Crippen LogP contribution in [0.2, 0.25) is 0 Å². The first-order chi connectivity index (χ1) is 6.49. The minimum absolute atomic E-state index is 0.263. The summed E-state index contributed by atoms with van der Waals surface area (Å²) in [5.41, 5.74) is 0. The molecule has 0 aliphatic heterocycles. The van der Waals surface area contributed by atoms with E-state index >= 15 is 0 Å². The molecule has 0 aromatic heterocycles. The van der Waals surface area contributed by atoms with Gasteiger partial charge in [0.15, 0.2) is 0 Å². The first kappa shape index (κ1) is 13.9. The van der Waals surface area contributed by atoms with Crippen LogP contribution in [0.25, 0.3) is 0 Å². The van der Waals surface area contributed by atoms with Crippen molar-refractivity contribution in [3.8, 4) is 0 Å². The Morgan fingerprint density at radius 1 is 1.43 bits per heavy atom. The van der Waals surface area contributed by atoms with Crippen LogP contribution < -0.4 is 5.32 Å². The van der Waals surface area contributed by atoms with E-state index in [9.17, 15) is 8.42 Å². The molecule has 0 bridgehead atoms. The standard InChI is InChI=1S/C9H21NO3S/c1-4-10-9(8-13-2)6-5-7-14(3,11)12/h9-10H,4-8H2,1-3H3. The van der Waals surface area contributed by atoms with Crippen LogP contribution >= 0.6 is 0 Å². The molecule has 0 aromatic carbocycles. The molecule has 0 aliphatic rings. The average Bonchev–Trinajstić information content (AvgIpc) is 2.02. The van der Waals surface area contributed by atoms with Crippen LogP contribution in [0.4, 0.5) is 0 Å². The Morgan fingerprint density at radius 3 is 2.50 bits per heavy atom. The van der Waals surface area contributed by atoms with Crippen LogP contribution in [0.1, 0.15) is 19.8 Å². The lowest BCUT2D eigenvalue weighted by atomic mass is 10.2. The van der Waals surface area contributed by atoms with Gasteiger partial charge in [-0.3, -0.25) is 0 Å². The van der Waals surface area contributed by atoms with Crippen molar-refractivity contribution in [3.05, 3.63) is 0 Å². The van der Waals surface area contributed by atoms with E-state index in [0.29, 0.717) is 13.0 Å². The predicted octanol–water partition coefficient (Wildman–Crippen LogP) is 0.436. The number of rotatable bonds is 8. The molecule has 86 valence electrons. The Balaban J connectivity index is 3.70. The topological polar surface area (TPSA) is 55.4 Å². The molecular weight excluding hydrogens is 202 g/mol. The molecule has 0 aromatic rings. The molecule has 0 spiro atoms. The van der Waals surface area contributed by atoms with Crippen molar-refractivity contribution in [2.45, 2.75) is 25.8 Å². The van der Waals surface area contributed by atoms with E-state index in [2.05, 4.69) is 5.32 Å². The summed E-state index contributed by atoms with van der Waals surface area (Å²) in [4.78, 5) is 0. The Bertz CT molecular complexity index is 220. The molecule has 5 heteroatoms. The van der Waals surface area contributed by atoms with E-state index in [1.54, 1.807) is 7.11 Å². The fourth-order valence-electron chi connectivity index (χ4n) is 1.33. The Labute approximate surface area is 86.9 Å². The third kappa shape index (κ3) is 8.47. The number of hydrogen-bond donors (Lipinski definition) is 1. The molecule has 0 radical (unpaired) electrons. The van der Waals surface area contributed by atoms with Gasteiger partial charge in [0.2, 0.25) is 0 Å². The van der Waals surface area contributed by atoms with E-state index in [-0.39, 0.29) is 11.8 Å². The Morgan fingerprint density at radius 2 is 2.07 bits per heavy atom. The van der Waals surface area contributed by atoms with Gasteiger partial charge >= 0.3 is 0 Å². The molecule has 0 saturated heterocycles. The third-order valence-corrected chi connectivity index (χ3v) is 2.96. The minimum atomic E-state index is -2.82. The molecule has 1 atom stereocenters. The van der Waals surface area contributed by atoms with Gasteiger partial charge in [0, 0.05) is 25.2 Å². The maximum Gasteiger partial charge on any atom is 0.147 e. The highest BCUT2D eigenvalue weighted by Crippen LogP contribution is 2.00. The first-order valence-electron chi connectivity index (χ1n) is 4.89. The summed E-state index contributed by atoms with van der Waals surface area (Å²) >= 11 is 0. The number of likely N-dealkylation sites (N-methyl/N-ethyl adjacent to an activating group) is 1. The van der Waals surface area contributed by atoms with Crippen molar-refractivity contribution in [3.63, 3.8) is 0 Å². The van der Waals surface area contributed by atoms with E-state index < -0.39 is 9.84 Å². The molecule has 1 unspecified atom stereocenters. The Hall–Kier alpha value is -0.130. The second-order valence-electron chi connectivity index (χ2n) is 3.48. The summed E-state index contributed by atoms with van der Waals surface area (Å²) in [6.45, 7) is 3.55. The van der Waals surface area contributed by atoms with Gasteiger partial charge in [-0.25, -0.2) is 8.42 Å². The first-order valence-corrected chi connectivity index (χ1v) is 6.95. The predicted molar refractivity (Wildman–Crippen MR) is 58.3 cm³/mol. The van der Waals surface area contributed by atoms with Gasteiger partial charge in [-0.15, -0.1) is 0 Å². The zero-order valence-corrected chi connectivity index (χ0v) is 10.1. The monoisotopic (exact) mass is 223 g/mol. The summed E-state index contributed by atoms with van der Waals surface area (Å²) in [7, 11) is -1.16. The fourth-order valence-corrected chi connectivity index (χ4v) is 2.02. The second-order valence-corrected chi connectivity index (χ2v) is 5.74. The molecule has 14 heavy (non-hydrogen) atoms. The number of ether oxygens (including phenoxy) is 1. The minimum Gasteiger partial charge on any atom is -0.383 e. The second kappa shape index (κ2) is 7.20. The van der Waals surface area contributed by atoms with Crippen LogP contribution in [-0.2, 0) is 14.6 Å². The highest BCUT2D eigenvalue weighted by Gasteiger charge is 2.08. The van der Waals surface area contributed by atoms with Crippen molar-refractivity contribution in [1.82, 2.24) is 5.32 Å². The van der Waals surface area contributed by atoms with Gasteiger partial charge in [0.05, 0.1) is 6.61 Å². The van der Waals surface area contributed by atoms with Crippen molar-refractivity contribution in [2.75, 3.05) is 32.3 Å². The normalized spacial score (nSPS) is 14.2. The summed E-state index contributed by atoms with van der Waals surface area (Å²) in [6.07, 6.45) is 2.81. The van der Waals surface area contributed by atoms with Gasteiger partial charge in [-0.2, -0.15) is 0 Å². The van der Waals surface area contributed by atoms with Crippen molar-refractivity contribution in [1.29, 1.82) is 0 Å². The van der Waals surface area contributed by atoms with E-state index in [1.807, 2.05) is 6.92 Å².